The highest BCUT2D eigenvalue weighted by Gasteiger charge is 2.13. The van der Waals surface area contributed by atoms with E-state index < -0.39 is 5.97 Å². The molecule has 0 saturated heterocycles. The van der Waals surface area contributed by atoms with Crippen molar-refractivity contribution in [3.63, 3.8) is 0 Å². The van der Waals surface area contributed by atoms with Gasteiger partial charge in [0.05, 0.1) is 40.2 Å². The van der Waals surface area contributed by atoms with Gasteiger partial charge >= 0.3 is 5.97 Å². The number of rotatable bonds is 13. The number of carbonyl (C=O) groups excluding carboxylic acids is 3. The lowest BCUT2D eigenvalue weighted by atomic mass is 10.2. The fourth-order valence-electron chi connectivity index (χ4n) is 3.52. The Kier molecular flexibility index (Phi) is 10.9. The second-order valence-corrected chi connectivity index (χ2v) is 8.25. The van der Waals surface area contributed by atoms with Crippen molar-refractivity contribution in [2.45, 2.75) is 12.8 Å². The number of carbonyl (C=O) groups is 3. The number of ether oxygens (including phenoxy) is 5. The van der Waals surface area contributed by atoms with Crippen LogP contribution in [0.25, 0.3) is 0 Å². The van der Waals surface area contributed by atoms with Crippen molar-refractivity contribution in [1.82, 2.24) is 10.7 Å². The fraction of sp³-hybridized carbons (Fsp3) is 0.241. The van der Waals surface area contributed by atoms with Gasteiger partial charge in [0.25, 0.3) is 5.91 Å². The zero-order chi connectivity index (χ0) is 28.9. The molecule has 3 rings (SSSR count). The summed E-state index contributed by atoms with van der Waals surface area (Å²) in [7, 11) is 6.01. The topological polar surface area (TPSA) is 134 Å². The van der Waals surface area contributed by atoms with E-state index in [4.69, 9.17) is 23.7 Å². The van der Waals surface area contributed by atoms with Gasteiger partial charge in [0.15, 0.2) is 23.0 Å². The minimum absolute atomic E-state index is 0.175. The summed E-state index contributed by atoms with van der Waals surface area (Å²) >= 11 is 0. The molecule has 0 unspecified atom stereocenters. The van der Waals surface area contributed by atoms with Crippen LogP contribution in [0, 0.1) is 0 Å². The van der Waals surface area contributed by atoms with E-state index >= 15 is 0 Å². The Bertz CT molecular complexity index is 1360. The van der Waals surface area contributed by atoms with Crippen LogP contribution in [0.5, 0.6) is 28.7 Å². The minimum atomic E-state index is -0.547. The van der Waals surface area contributed by atoms with Gasteiger partial charge in [-0.1, -0.05) is 0 Å². The summed E-state index contributed by atoms with van der Waals surface area (Å²) in [5.74, 6) is 1.14. The molecule has 0 aromatic heterocycles. The number of methoxy groups -OCH3 is 4. The number of nitrogens with zero attached hydrogens (tertiary/aromatic N) is 1. The van der Waals surface area contributed by atoms with Crippen molar-refractivity contribution in [2.75, 3.05) is 35.0 Å². The summed E-state index contributed by atoms with van der Waals surface area (Å²) in [5.41, 5.74) is 3.87. The highest BCUT2D eigenvalue weighted by molar-refractivity contribution is 5.95. The largest absolute Gasteiger partial charge is 0.493 e. The van der Waals surface area contributed by atoms with Crippen molar-refractivity contribution in [3.05, 3.63) is 77.4 Å². The molecule has 210 valence electrons. The molecule has 11 nitrogen and oxygen atoms in total. The van der Waals surface area contributed by atoms with Crippen molar-refractivity contribution >= 4 is 24.0 Å². The molecule has 2 amide bonds. The first-order chi connectivity index (χ1) is 19.4. The first-order valence-electron chi connectivity index (χ1n) is 12.2. The maximum Gasteiger partial charge on any atom is 0.343 e. The van der Waals surface area contributed by atoms with Crippen LogP contribution in [0.2, 0.25) is 0 Å². The molecule has 0 fully saturated rings. The van der Waals surface area contributed by atoms with E-state index in [2.05, 4.69) is 15.8 Å². The Morgan fingerprint density at radius 2 is 1.32 bits per heavy atom. The third-order valence-corrected chi connectivity index (χ3v) is 5.62. The van der Waals surface area contributed by atoms with E-state index in [0.717, 1.165) is 0 Å². The maximum atomic E-state index is 12.5. The molecule has 0 radical (unpaired) electrons. The van der Waals surface area contributed by atoms with Gasteiger partial charge < -0.3 is 29.0 Å². The molecule has 40 heavy (non-hydrogen) atoms. The zero-order valence-electron chi connectivity index (χ0n) is 22.7. The molecule has 0 aliphatic rings. The number of hydrogen-bond acceptors (Lipinski definition) is 9. The second-order valence-electron chi connectivity index (χ2n) is 8.25. The Balaban J connectivity index is 1.40. The lowest BCUT2D eigenvalue weighted by Crippen LogP contribution is -2.26. The maximum absolute atomic E-state index is 12.5. The standard InChI is InChI=1S/C29H31N3O8/c1-36-23-13-9-20(16-25(23)38-3)28(34)30-15-5-6-27(33)32-31-18-19-7-11-22(12-8-19)40-29(35)21-10-14-24(37-2)26(17-21)39-4/h7-14,16-18H,5-6,15H2,1-4H3,(H,30,34)(H,32,33). The summed E-state index contributed by atoms with van der Waals surface area (Å²) in [4.78, 5) is 36.8. The third kappa shape index (κ3) is 8.22. The lowest BCUT2D eigenvalue weighted by molar-refractivity contribution is -0.121. The monoisotopic (exact) mass is 549 g/mol. The Labute approximate surface area is 232 Å². The van der Waals surface area contributed by atoms with E-state index in [1.807, 2.05) is 0 Å². The number of nitrogens with one attached hydrogen (secondary N) is 2. The summed E-state index contributed by atoms with van der Waals surface area (Å²) in [6.07, 6.45) is 2.08. The highest BCUT2D eigenvalue weighted by atomic mass is 16.5. The number of hydrazone groups is 1. The van der Waals surface area contributed by atoms with Crippen molar-refractivity contribution < 1.29 is 38.1 Å². The second kappa shape index (κ2) is 14.8. The van der Waals surface area contributed by atoms with Crippen molar-refractivity contribution in [3.8, 4) is 28.7 Å². The molecule has 0 heterocycles. The van der Waals surface area contributed by atoms with Gasteiger partial charge in [0, 0.05) is 18.5 Å². The molecule has 2 N–H and O–H groups in total. The number of amides is 2. The van der Waals surface area contributed by atoms with Crippen LogP contribution in [0.15, 0.2) is 65.8 Å². The molecule has 3 aromatic carbocycles. The molecule has 0 atom stereocenters. The third-order valence-electron chi connectivity index (χ3n) is 5.62. The van der Waals surface area contributed by atoms with Gasteiger partial charge in [-0.2, -0.15) is 5.10 Å². The molecular formula is C29H31N3O8. The quantitative estimate of drug-likeness (QED) is 0.109. The van der Waals surface area contributed by atoms with Crippen LogP contribution in [0.3, 0.4) is 0 Å². The van der Waals surface area contributed by atoms with Gasteiger partial charge in [0.1, 0.15) is 5.75 Å². The Morgan fingerprint density at radius 1 is 0.750 bits per heavy atom. The van der Waals surface area contributed by atoms with Gasteiger partial charge in [-0.25, -0.2) is 10.2 Å². The number of hydrogen-bond donors (Lipinski definition) is 2. The molecule has 0 bridgehead atoms. The van der Waals surface area contributed by atoms with Crippen LogP contribution in [-0.4, -0.2) is 59.0 Å². The van der Waals surface area contributed by atoms with Crippen molar-refractivity contribution in [1.29, 1.82) is 0 Å². The van der Waals surface area contributed by atoms with E-state index in [9.17, 15) is 14.4 Å². The molecule has 0 saturated carbocycles. The van der Waals surface area contributed by atoms with E-state index in [1.165, 1.54) is 40.7 Å². The molecule has 3 aromatic rings. The summed E-state index contributed by atoms with van der Waals surface area (Å²) in [5, 5.41) is 6.70. The van der Waals surface area contributed by atoms with Crippen LogP contribution < -0.4 is 34.4 Å². The summed E-state index contributed by atoms with van der Waals surface area (Å²) in [6.45, 7) is 0.313. The number of esters is 1. The first-order valence-corrected chi connectivity index (χ1v) is 12.2. The van der Waals surface area contributed by atoms with Crippen molar-refractivity contribution in [2.24, 2.45) is 5.10 Å². The smallest absolute Gasteiger partial charge is 0.343 e. The van der Waals surface area contributed by atoms with E-state index in [1.54, 1.807) is 54.6 Å². The van der Waals surface area contributed by atoms with Gasteiger partial charge in [-0.05, 0) is 72.6 Å². The number of benzene rings is 3. The molecular weight excluding hydrogens is 518 g/mol. The first kappa shape index (κ1) is 29.5. The molecule has 0 aliphatic heterocycles. The van der Waals surface area contributed by atoms with Crippen LogP contribution >= 0.6 is 0 Å². The predicted molar refractivity (Wildman–Crippen MR) is 148 cm³/mol. The van der Waals surface area contributed by atoms with E-state index in [0.29, 0.717) is 58.4 Å². The zero-order valence-corrected chi connectivity index (χ0v) is 22.7. The SMILES string of the molecule is COc1ccc(C(=O)NCCCC(=O)NN=Cc2ccc(OC(=O)c3ccc(OC)c(OC)c3)cc2)cc1OC. The average Bonchev–Trinajstić information content (AvgIpc) is 2.99. The molecule has 11 heteroatoms. The van der Waals surface area contributed by atoms with Gasteiger partial charge in [0.2, 0.25) is 5.91 Å². The lowest BCUT2D eigenvalue weighted by Gasteiger charge is -2.10. The summed E-state index contributed by atoms with van der Waals surface area (Å²) < 4.78 is 26.2. The Morgan fingerprint density at radius 3 is 1.93 bits per heavy atom. The minimum Gasteiger partial charge on any atom is -0.493 e. The summed E-state index contributed by atoms with van der Waals surface area (Å²) in [6, 6.07) is 16.2. The Hall–Kier alpha value is -5.06. The van der Waals surface area contributed by atoms with Crippen LogP contribution in [0.1, 0.15) is 39.1 Å². The molecule has 0 spiro atoms. The van der Waals surface area contributed by atoms with Gasteiger partial charge in [-0.15, -0.1) is 0 Å². The van der Waals surface area contributed by atoms with Crippen LogP contribution in [0.4, 0.5) is 0 Å². The normalized spacial score (nSPS) is 10.5. The van der Waals surface area contributed by atoms with E-state index in [-0.39, 0.29) is 18.2 Å². The predicted octanol–water partition coefficient (Wildman–Crippen LogP) is 3.60. The molecule has 0 aliphatic carbocycles. The van der Waals surface area contributed by atoms with Crippen LogP contribution in [-0.2, 0) is 4.79 Å². The van der Waals surface area contributed by atoms with Gasteiger partial charge in [-0.3, -0.25) is 9.59 Å². The fourth-order valence-corrected chi connectivity index (χ4v) is 3.52. The highest BCUT2D eigenvalue weighted by Crippen LogP contribution is 2.28. The average molecular weight is 550 g/mol.